The van der Waals surface area contributed by atoms with Gasteiger partial charge < -0.3 is 10.6 Å². The Morgan fingerprint density at radius 3 is 2.72 bits per heavy atom. The van der Waals surface area contributed by atoms with E-state index in [1.54, 1.807) is 12.3 Å². The number of pyridine rings is 1. The number of thioether (sulfide) groups is 1. The van der Waals surface area contributed by atoms with Crippen LogP contribution in [0.3, 0.4) is 0 Å². The number of nitrogens with one attached hydrogen (secondary N) is 2. The Morgan fingerprint density at radius 2 is 2.04 bits per heavy atom. The van der Waals surface area contributed by atoms with Crippen molar-refractivity contribution >= 4 is 35.1 Å². The number of carbonyl (C=O) groups excluding carboxylic acids is 2. The molecule has 1 aromatic heterocycles. The van der Waals surface area contributed by atoms with Gasteiger partial charge in [0.1, 0.15) is 5.82 Å². The maximum Gasteiger partial charge on any atom is 0.239 e. The first kappa shape index (κ1) is 17.5. The molecule has 25 heavy (non-hydrogen) atoms. The first-order valence-electron chi connectivity index (χ1n) is 8.45. The molecular formula is C19H21N3O2S. The SMILES string of the molecule is CCC(Sc1cccc(NC(=O)C2CC2)c1)C(=O)Nc1ccccn1. The van der Waals surface area contributed by atoms with E-state index in [0.29, 0.717) is 12.2 Å². The summed E-state index contributed by atoms with van der Waals surface area (Å²) in [6.07, 6.45) is 4.30. The van der Waals surface area contributed by atoms with Crippen molar-refractivity contribution in [3.63, 3.8) is 0 Å². The molecule has 1 heterocycles. The monoisotopic (exact) mass is 355 g/mol. The Hall–Kier alpha value is -2.34. The number of benzene rings is 1. The third kappa shape index (κ3) is 5.06. The number of aromatic nitrogens is 1. The average molecular weight is 355 g/mol. The molecule has 1 unspecified atom stereocenters. The molecule has 2 N–H and O–H groups in total. The molecule has 1 aliphatic rings. The molecule has 3 rings (SSSR count). The zero-order valence-electron chi connectivity index (χ0n) is 14.1. The lowest BCUT2D eigenvalue weighted by Crippen LogP contribution is -2.25. The van der Waals surface area contributed by atoms with Gasteiger partial charge in [-0.15, -0.1) is 11.8 Å². The number of hydrogen-bond acceptors (Lipinski definition) is 4. The predicted octanol–water partition coefficient (Wildman–Crippen LogP) is 3.94. The van der Waals surface area contributed by atoms with Crippen LogP contribution in [0.1, 0.15) is 26.2 Å². The van der Waals surface area contributed by atoms with Gasteiger partial charge >= 0.3 is 0 Å². The molecule has 5 nitrogen and oxygen atoms in total. The van der Waals surface area contributed by atoms with Crippen LogP contribution in [0.15, 0.2) is 53.6 Å². The van der Waals surface area contributed by atoms with Gasteiger partial charge in [-0.05, 0) is 49.6 Å². The topological polar surface area (TPSA) is 71.1 Å². The highest BCUT2D eigenvalue weighted by molar-refractivity contribution is 8.00. The van der Waals surface area contributed by atoms with Gasteiger partial charge in [-0.1, -0.05) is 19.1 Å². The quantitative estimate of drug-likeness (QED) is 0.738. The minimum Gasteiger partial charge on any atom is -0.326 e. The van der Waals surface area contributed by atoms with Crippen LogP contribution < -0.4 is 10.6 Å². The molecule has 0 saturated heterocycles. The molecule has 1 aromatic carbocycles. The Kier molecular flexibility index (Phi) is 5.71. The fraction of sp³-hybridized carbons (Fsp3) is 0.316. The Bertz CT molecular complexity index is 747. The molecule has 1 saturated carbocycles. The number of carbonyl (C=O) groups is 2. The highest BCUT2D eigenvalue weighted by atomic mass is 32.2. The Balaban J connectivity index is 1.62. The summed E-state index contributed by atoms with van der Waals surface area (Å²) in [5.74, 6) is 0.738. The van der Waals surface area contributed by atoms with Crippen molar-refractivity contribution in [3.8, 4) is 0 Å². The summed E-state index contributed by atoms with van der Waals surface area (Å²) in [5.41, 5.74) is 0.780. The van der Waals surface area contributed by atoms with E-state index in [4.69, 9.17) is 0 Å². The van der Waals surface area contributed by atoms with Crippen LogP contribution in [0.4, 0.5) is 11.5 Å². The van der Waals surface area contributed by atoms with E-state index >= 15 is 0 Å². The molecule has 1 aliphatic carbocycles. The van der Waals surface area contributed by atoms with Crippen molar-refractivity contribution in [2.75, 3.05) is 10.6 Å². The summed E-state index contributed by atoms with van der Waals surface area (Å²) in [6.45, 7) is 1.98. The fourth-order valence-electron chi connectivity index (χ4n) is 2.37. The summed E-state index contributed by atoms with van der Waals surface area (Å²) in [5, 5.41) is 5.56. The summed E-state index contributed by atoms with van der Waals surface area (Å²) >= 11 is 1.49. The van der Waals surface area contributed by atoms with Crippen molar-refractivity contribution in [2.45, 2.75) is 36.3 Å². The lowest BCUT2D eigenvalue weighted by atomic mass is 10.3. The number of nitrogens with zero attached hydrogens (tertiary/aromatic N) is 1. The van der Waals surface area contributed by atoms with Gasteiger partial charge in [0.05, 0.1) is 5.25 Å². The lowest BCUT2D eigenvalue weighted by Gasteiger charge is -2.15. The first-order valence-corrected chi connectivity index (χ1v) is 9.33. The van der Waals surface area contributed by atoms with Crippen LogP contribution in [0.5, 0.6) is 0 Å². The third-order valence-electron chi connectivity index (χ3n) is 3.91. The zero-order valence-corrected chi connectivity index (χ0v) is 14.9. The van der Waals surface area contributed by atoms with Crippen molar-refractivity contribution in [3.05, 3.63) is 48.7 Å². The summed E-state index contributed by atoms with van der Waals surface area (Å²) in [4.78, 5) is 29.4. The second-order valence-corrected chi connectivity index (χ2v) is 7.29. The average Bonchev–Trinajstić information content (AvgIpc) is 3.46. The zero-order chi connectivity index (χ0) is 17.6. The largest absolute Gasteiger partial charge is 0.326 e. The number of hydrogen-bond donors (Lipinski definition) is 2. The molecule has 6 heteroatoms. The standard InChI is InChI=1S/C19H21N3O2S/c1-2-16(19(24)22-17-8-3-4-11-20-17)25-15-7-5-6-14(12-15)21-18(23)13-9-10-13/h3-8,11-13,16H,2,9-10H2,1H3,(H,21,23)(H,20,22,24). The first-order chi connectivity index (χ1) is 12.2. The van der Waals surface area contributed by atoms with Gasteiger partial charge in [0.15, 0.2) is 0 Å². The van der Waals surface area contributed by atoms with Crippen LogP contribution in [0.2, 0.25) is 0 Å². The van der Waals surface area contributed by atoms with Gasteiger partial charge in [0.25, 0.3) is 0 Å². The van der Waals surface area contributed by atoms with Gasteiger partial charge in [-0.3, -0.25) is 9.59 Å². The van der Waals surface area contributed by atoms with Gasteiger partial charge in [-0.25, -0.2) is 4.98 Å². The number of rotatable bonds is 7. The number of anilines is 2. The van der Waals surface area contributed by atoms with Crippen molar-refractivity contribution in [1.82, 2.24) is 4.98 Å². The van der Waals surface area contributed by atoms with Gasteiger partial charge in [0.2, 0.25) is 11.8 Å². The molecule has 2 aromatic rings. The normalized spacial score (nSPS) is 14.6. The van der Waals surface area contributed by atoms with Crippen molar-refractivity contribution < 1.29 is 9.59 Å². The molecule has 0 radical (unpaired) electrons. The lowest BCUT2D eigenvalue weighted by molar-refractivity contribution is -0.117. The highest BCUT2D eigenvalue weighted by Gasteiger charge is 2.29. The third-order valence-corrected chi connectivity index (χ3v) is 5.27. The smallest absolute Gasteiger partial charge is 0.239 e. The summed E-state index contributed by atoms with van der Waals surface area (Å²) in [7, 11) is 0. The van der Waals surface area contributed by atoms with E-state index < -0.39 is 0 Å². The highest BCUT2D eigenvalue weighted by Crippen LogP contribution is 2.32. The van der Waals surface area contributed by atoms with Crippen LogP contribution in [-0.4, -0.2) is 22.0 Å². The van der Waals surface area contributed by atoms with E-state index in [-0.39, 0.29) is 23.0 Å². The Labute approximate surface area is 151 Å². The summed E-state index contributed by atoms with van der Waals surface area (Å²) in [6, 6.07) is 13.1. The van der Waals surface area contributed by atoms with Crippen LogP contribution in [0.25, 0.3) is 0 Å². The predicted molar refractivity (Wildman–Crippen MR) is 101 cm³/mol. The molecule has 2 amide bonds. The maximum atomic E-state index is 12.5. The van der Waals surface area contributed by atoms with Crippen LogP contribution in [-0.2, 0) is 9.59 Å². The van der Waals surface area contributed by atoms with E-state index in [9.17, 15) is 9.59 Å². The van der Waals surface area contributed by atoms with Crippen LogP contribution >= 0.6 is 11.8 Å². The molecule has 130 valence electrons. The van der Waals surface area contributed by atoms with Crippen molar-refractivity contribution in [2.24, 2.45) is 5.92 Å². The maximum absolute atomic E-state index is 12.5. The molecule has 0 aliphatic heterocycles. The van der Waals surface area contributed by atoms with Gasteiger partial charge in [-0.2, -0.15) is 0 Å². The summed E-state index contributed by atoms with van der Waals surface area (Å²) < 4.78 is 0. The molecule has 1 atom stereocenters. The van der Waals surface area contributed by atoms with Gasteiger partial charge in [0, 0.05) is 22.7 Å². The second-order valence-electron chi connectivity index (χ2n) is 6.01. The van der Waals surface area contributed by atoms with Crippen LogP contribution in [0, 0.1) is 5.92 Å². The fourth-order valence-corrected chi connectivity index (χ4v) is 3.38. The number of amides is 2. The van der Waals surface area contributed by atoms with E-state index in [0.717, 1.165) is 23.4 Å². The molecular weight excluding hydrogens is 334 g/mol. The second kappa shape index (κ2) is 8.16. The minimum absolute atomic E-state index is 0.0707. The van der Waals surface area contributed by atoms with Crippen molar-refractivity contribution in [1.29, 1.82) is 0 Å². The van der Waals surface area contributed by atoms with E-state index in [1.807, 2.05) is 43.3 Å². The molecule has 0 spiro atoms. The van der Waals surface area contributed by atoms with E-state index in [2.05, 4.69) is 15.6 Å². The van der Waals surface area contributed by atoms with E-state index in [1.165, 1.54) is 11.8 Å². The minimum atomic E-state index is -0.226. The molecule has 0 bridgehead atoms. The Morgan fingerprint density at radius 1 is 1.20 bits per heavy atom. The molecule has 1 fully saturated rings.